The summed E-state index contributed by atoms with van der Waals surface area (Å²) in [4.78, 5) is 0. The van der Waals surface area contributed by atoms with E-state index in [9.17, 15) is 0 Å². The smallest absolute Gasteiger partial charge is 0.191 e. The van der Waals surface area contributed by atoms with Crippen LogP contribution in [-0.4, -0.2) is 34.4 Å². The van der Waals surface area contributed by atoms with E-state index in [-0.39, 0.29) is 6.29 Å². The van der Waals surface area contributed by atoms with E-state index in [1.165, 1.54) is 29.6 Å². The molecular weight excluding hydrogens is 412 g/mol. The summed E-state index contributed by atoms with van der Waals surface area (Å²) in [6.45, 7) is 20.7. The van der Waals surface area contributed by atoms with E-state index in [1.807, 2.05) is 0 Å². The van der Waals surface area contributed by atoms with E-state index in [2.05, 4.69) is 72.9 Å². The van der Waals surface area contributed by atoms with E-state index in [0.717, 1.165) is 58.2 Å². The van der Waals surface area contributed by atoms with E-state index < -0.39 is 8.32 Å². The first kappa shape index (κ1) is 29.3. The fourth-order valence-electron chi connectivity index (χ4n) is 3.43. The standard InChI is InChI=1S/C28H52O3Si/c1-24(15-12-17-26(3)20-23-30-27-19-9-10-21-29-27)14-11-16-25(2)18-13-22-31-32(7,8)28(4,5)6/h15-16,20,27H,9-14,17-19,21-23H2,1-8H3/b24-15+,25-16+,26-20+. The number of ether oxygens (including phenoxy) is 2. The molecule has 1 saturated heterocycles. The Morgan fingerprint density at radius 1 is 0.906 bits per heavy atom. The van der Waals surface area contributed by atoms with Crippen LogP contribution in [0.3, 0.4) is 0 Å². The molecule has 1 atom stereocenters. The Labute approximate surface area is 200 Å². The maximum absolute atomic E-state index is 6.29. The van der Waals surface area contributed by atoms with Crippen LogP contribution in [0.15, 0.2) is 34.9 Å². The second-order valence-corrected chi connectivity index (χ2v) is 15.9. The molecule has 186 valence electrons. The van der Waals surface area contributed by atoms with E-state index in [1.54, 1.807) is 0 Å². The van der Waals surface area contributed by atoms with Gasteiger partial charge in [-0.25, -0.2) is 0 Å². The molecule has 4 heteroatoms. The molecule has 1 unspecified atom stereocenters. The highest BCUT2D eigenvalue weighted by atomic mass is 28.4. The van der Waals surface area contributed by atoms with Gasteiger partial charge in [-0.15, -0.1) is 0 Å². The highest BCUT2D eigenvalue weighted by Crippen LogP contribution is 2.36. The van der Waals surface area contributed by atoms with Gasteiger partial charge in [0.25, 0.3) is 0 Å². The lowest BCUT2D eigenvalue weighted by molar-refractivity contribution is -0.155. The molecule has 0 aromatic carbocycles. The summed E-state index contributed by atoms with van der Waals surface area (Å²) in [5.74, 6) is 0. The van der Waals surface area contributed by atoms with Crippen molar-refractivity contribution in [3.05, 3.63) is 34.9 Å². The zero-order chi connectivity index (χ0) is 24.0. The molecule has 0 aromatic rings. The zero-order valence-electron chi connectivity index (χ0n) is 22.5. The minimum atomic E-state index is -1.60. The second-order valence-electron chi connectivity index (χ2n) is 11.1. The molecule has 1 rings (SSSR count). The quantitative estimate of drug-likeness (QED) is 0.146. The summed E-state index contributed by atoms with van der Waals surface area (Å²) in [7, 11) is -1.60. The molecule has 0 amide bonds. The van der Waals surface area contributed by atoms with Gasteiger partial charge in [0.1, 0.15) is 0 Å². The highest BCUT2D eigenvalue weighted by Gasteiger charge is 2.36. The molecule has 0 radical (unpaired) electrons. The summed E-state index contributed by atoms with van der Waals surface area (Å²) in [6.07, 6.45) is 17.3. The molecule has 0 saturated carbocycles. The molecule has 1 aliphatic heterocycles. The first-order valence-corrected chi connectivity index (χ1v) is 15.8. The van der Waals surface area contributed by atoms with Gasteiger partial charge < -0.3 is 13.9 Å². The Kier molecular flexibility index (Phi) is 14.0. The van der Waals surface area contributed by atoms with Crippen LogP contribution < -0.4 is 0 Å². The molecule has 1 aliphatic rings. The van der Waals surface area contributed by atoms with Crippen LogP contribution in [0.25, 0.3) is 0 Å². The van der Waals surface area contributed by atoms with Gasteiger partial charge in [0.2, 0.25) is 0 Å². The Hall–Kier alpha value is -0.683. The molecule has 0 spiro atoms. The first-order chi connectivity index (χ1) is 15.0. The molecule has 0 aliphatic carbocycles. The van der Waals surface area contributed by atoms with Crippen molar-refractivity contribution < 1.29 is 13.9 Å². The van der Waals surface area contributed by atoms with Gasteiger partial charge in [-0.05, 0) is 96.7 Å². The largest absolute Gasteiger partial charge is 0.417 e. The van der Waals surface area contributed by atoms with Crippen molar-refractivity contribution in [3.63, 3.8) is 0 Å². The van der Waals surface area contributed by atoms with Gasteiger partial charge >= 0.3 is 0 Å². The molecule has 0 aromatic heterocycles. The Bertz CT molecular complexity index is 605. The van der Waals surface area contributed by atoms with Crippen molar-refractivity contribution in [1.29, 1.82) is 0 Å². The van der Waals surface area contributed by atoms with Gasteiger partial charge in [0, 0.05) is 13.2 Å². The van der Waals surface area contributed by atoms with Crippen LogP contribution in [0.5, 0.6) is 0 Å². The van der Waals surface area contributed by atoms with Crippen LogP contribution >= 0.6 is 0 Å². The van der Waals surface area contributed by atoms with Crippen molar-refractivity contribution in [2.45, 2.75) is 124 Å². The third-order valence-electron chi connectivity index (χ3n) is 6.90. The van der Waals surface area contributed by atoms with Crippen LogP contribution in [-0.2, 0) is 13.9 Å². The molecule has 32 heavy (non-hydrogen) atoms. The fourth-order valence-corrected chi connectivity index (χ4v) is 4.52. The number of rotatable bonds is 14. The number of allylic oxidation sites excluding steroid dienone is 5. The minimum absolute atomic E-state index is 0.0103. The predicted octanol–water partition coefficient (Wildman–Crippen LogP) is 8.73. The van der Waals surface area contributed by atoms with E-state index in [4.69, 9.17) is 13.9 Å². The third kappa shape index (κ3) is 13.1. The Morgan fingerprint density at radius 3 is 2.06 bits per heavy atom. The second kappa shape index (κ2) is 15.3. The summed E-state index contributed by atoms with van der Waals surface area (Å²) < 4.78 is 17.7. The summed E-state index contributed by atoms with van der Waals surface area (Å²) in [5, 5.41) is 0.299. The summed E-state index contributed by atoms with van der Waals surface area (Å²) in [5.41, 5.74) is 4.40. The molecular formula is C28H52O3Si. The number of hydrogen-bond donors (Lipinski definition) is 0. The van der Waals surface area contributed by atoms with Crippen molar-refractivity contribution >= 4 is 8.32 Å². The molecule has 3 nitrogen and oxygen atoms in total. The van der Waals surface area contributed by atoms with E-state index >= 15 is 0 Å². The average molecular weight is 465 g/mol. The average Bonchev–Trinajstić information content (AvgIpc) is 2.71. The summed E-state index contributed by atoms with van der Waals surface area (Å²) in [6, 6.07) is 0. The molecule has 1 heterocycles. The van der Waals surface area contributed by atoms with Crippen molar-refractivity contribution in [3.8, 4) is 0 Å². The monoisotopic (exact) mass is 464 g/mol. The topological polar surface area (TPSA) is 27.7 Å². The van der Waals surface area contributed by atoms with E-state index in [0.29, 0.717) is 11.6 Å². The Balaban J connectivity index is 2.16. The van der Waals surface area contributed by atoms with Crippen LogP contribution in [0.1, 0.15) is 99.3 Å². The van der Waals surface area contributed by atoms with Gasteiger partial charge in [0.05, 0.1) is 6.61 Å². The SMILES string of the molecule is C/C(=C\CC/C(C)=C/COC1CCCCO1)CC/C=C(\C)CCCO[Si](C)(C)C(C)(C)C. The highest BCUT2D eigenvalue weighted by molar-refractivity contribution is 6.74. The molecule has 0 bridgehead atoms. The van der Waals surface area contributed by atoms with Crippen LogP contribution in [0.2, 0.25) is 18.1 Å². The van der Waals surface area contributed by atoms with Crippen LogP contribution in [0, 0.1) is 0 Å². The number of hydrogen-bond acceptors (Lipinski definition) is 3. The van der Waals surface area contributed by atoms with Gasteiger partial charge in [-0.2, -0.15) is 0 Å². The zero-order valence-corrected chi connectivity index (χ0v) is 23.5. The third-order valence-corrected chi connectivity index (χ3v) is 11.4. The lowest BCUT2D eigenvalue weighted by Gasteiger charge is -2.36. The maximum atomic E-state index is 6.29. The maximum Gasteiger partial charge on any atom is 0.191 e. The molecule has 1 fully saturated rings. The summed E-state index contributed by atoms with van der Waals surface area (Å²) >= 11 is 0. The van der Waals surface area contributed by atoms with Crippen LogP contribution in [0.4, 0.5) is 0 Å². The van der Waals surface area contributed by atoms with Crippen molar-refractivity contribution in [1.82, 2.24) is 0 Å². The minimum Gasteiger partial charge on any atom is -0.417 e. The van der Waals surface area contributed by atoms with Crippen molar-refractivity contribution in [2.75, 3.05) is 19.8 Å². The van der Waals surface area contributed by atoms with Gasteiger partial charge in [0.15, 0.2) is 14.6 Å². The Morgan fingerprint density at radius 2 is 1.50 bits per heavy atom. The molecule has 0 N–H and O–H groups in total. The normalized spacial score (nSPS) is 19.5. The van der Waals surface area contributed by atoms with Gasteiger partial charge in [-0.3, -0.25) is 0 Å². The predicted molar refractivity (Wildman–Crippen MR) is 142 cm³/mol. The fraction of sp³-hybridized carbons (Fsp3) is 0.786. The lowest BCUT2D eigenvalue weighted by Crippen LogP contribution is -2.40. The first-order valence-electron chi connectivity index (χ1n) is 12.9. The van der Waals surface area contributed by atoms with Gasteiger partial charge in [-0.1, -0.05) is 55.7 Å². The lowest BCUT2D eigenvalue weighted by atomic mass is 10.1. The van der Waals surface area contributed by atoms with Crippen molar-refractivity contribution in [2.24, 2.45) is 0 Å².